The summed E-state index contributed by atoms with van der Waals surface area (Å²) in [5.41, 5.74) is 1.48. The number of aliphatic hydroxyl groups excluding tert-OH is 1. The zero-order chi connectivity index (χ0) is 13.8. The number of halogens is 1. The minimum Gasteiger partial charge on any atom is -0.457 e. The summed E-state index contributed by atoms with van der Waals surface area (Å²) in [5.74, 6) is 0.575. The summed E-state index contributed by atoms with van der Waals surface area (Å²) in [7, 11) is 3.87. The van der Waals surface area contributed by atoms with E-state index in [1.807, 2.05) is 37.2 Å². The van der Waals surface area contributed by atoms with E-state index in [1.54, 1.807) is 12.1 Å². The lowest BCUT2D eigenvalue weighted by Gasteiger charge is -2.14. The van der Waals surface area contributed by atoms with E-state index in [0.717, 1.165) is 5.69 Å². The Kier molecular flexibility index (Phi) is 4.02. The molecule has 0 heterocycles. The predicted molar refractivity (Wildman–Crippen MR) is 73.2 cm³/mol. The average molecular weight is 261 g/mol. The summed E-state index contributed by atoms with van der Waals surface area (Å²) < 4.78 is 18.9. The van der Waals surface area contributed by atoms with E-state index in [1.165, 1.54) is 12.1 Å². The Morgan fingerprint density at radius 1 is 1.11 bits per heavy atom. The first-order valence-corrected chi connectivity index (χ1v) is 5.94. The molecule has 2 aromatic carbocycles. The summed E-state index contributed by atoms with van der Waals surface area (Å²) in [6.45, 7) is -0.216. The van der Waals surface area contributed by atoms with Crippen LogP contribution in [0.1, 0.15) is 5.56 Å². The third kappa shape index (κ3) is 3.45. The number of anilines is 1. The third-order valence-electron chi connectivity index (χ3n) is 2.68. The fourth-order valence-corrected chi connectivity index (χ4v) is 1.73. The van der Waals surface area contributed by atoms with Gasteiger partial charge < -0.3 is 14.7 Å². The molecular weight excluding hydrogens is 245 g/mol. The molecule has 0 aromatic heterocycles. The second kappa shape index (κ2) is 5.71. The highest BCUT2D eigenvalue weighted by Crippen LogP contribution is 2.26. The summed E-state index contributed by atoms with van der Waals surface area (Å²) in [5, 5.41) is 9.04. The highest BCUT2D eigenvalue weighted by Gasteiger charge is 2.04. The Morgan fingerprint density at radius 3 is 2.58 bits per heavy atom. The van der Waals surface area contributed by atoms with Crippen LogP contribution < -0.4 is 9.64 Å². The normalized spacial score (nSPS) is 10.3. The Balaban J connectivity index is 2.25. The van der Waals surface area contributed by atoms with Crippen LogP contribution in [0.25, 0.3) is 0 Å². The summed E-state index contributed by atoms with van der Waals surface area (Å²) in [6.07, 6.45) is 0. The third-order valence-corrected chi connectivity index (χ3v) is 2.68. The molecule has 0 bridgehead atoms. The molecule has 0 aliphatic rings. The standard InChI is InChI=1S/C15H16FNO2/c1-17(2)13-4-3-5-14(9-13)19-15-7-11(10-18)6-12(16)8-15/h3-9,18H,10H2,1-2H3. The van der Waals surface area contributed by atoms with Crippen molar-refractivity contribution in [2.75, 3.05) is 19.0 Å². The number of nitrogens with zero attached hydrogens (tertiary/aromatic N) is 1. The summed E-state index contributed by atoms with van der Waals surface area (Å²) in [6, 6.07) is 11.7. The summed E-state index contributed by atoms with van der Waals surface area (Å²) in [4.78, 5) is 1.96. The lowest BCUT2D eigenvalue weighted by atomic mass is 10.2. The van der Waals surface area contributed by atoms with Gasteiger partial charge in [0.2, 0.25) is 0 Å². The molecular formula is C15H16FNO2. The van der Waals surface area contributed by atoms with Gasteiger partial charge in [-0.25, -0.2) is 4.39 Å². The lowest BCUT2D eigenvalue weighted by molar-refractivity contribution is 0.280. The molecule has 0 fully saturated rings. The lowest BCUT2D eigenvalue weighted by Crippen LogP contribution is -2.08. The van der Waals surface area contributed by atoms with Crippen LogP contribution in [0.5, 0.6) is 11.5 Å². The number of rotatable bonds is 4. The van der Waals surface area contributed by atoms with E-state index >= 15 is 0 Å². The second-order valence-corrected chi connectivity index (χ2v) is 4.45. The highest BCUT2D eigenvalue weighted by molar-refractivity contribution is 5.50. The van der Waals surface area contributed by atoms with Crippen LogP contribution >= 0.6 is 0 Å². The van der Waals surface area contributed by atoms with Gasteiger partial charge in [0.15, 0.2) is 0 Å². The zero-order valence-electron chi connectivity index (χ0n) is 10.9. The fraction of sp³-hybridized carbons (Fsp3) is 0.200. The largest absolute Gasteiger partial charge is 0.457 e. The number of benzene rings is 2. The van der Waals surface area contributed by atoms with E-state index in [0.29, 0.717) is 17.1 Å². The fourth-order valence-electron chi connectivity index (χ4n) is 1.73. The van der Waals surface area contributed by atoms with E-state index in [2.05, 4.69) is 0 Å². The number of hydrogen-bond donors (Lipinski definition) is 1. The molecule has 100 valence electrons. The second-order valence-electron chi connectivity index (χ2n) is 4.45. The molecule has 0 aliphatic carbocycles. The van der Waals surface area contributed by atoms with Gasteiger partial charge in [-0.2, -0.15) is 0 Å². The maximum atomic E-state index is 13.3. The van der Waals surface area contributed by atoms with Gasteiger partial charge in [-0.1, -0.05) is 6.07 Å². The minimum atomic E-state index is -0.426. The van der Waals surface area contributed by atoms with E-state index < -0.39 is 5.82 Å². The Labute approximate surface area is 111 Å². The topological polar surface area (TPSA) is 32.7 Å². The van der Waals surface area contributed by atoms with Crippen LogP contribution in [0, 0.1) is 5.82 Å². The van der Waals surface area contributed by atoms with Gasteiger partial charge in [0, 0.05) is 31.9 Å². The number of aliphatic hydroxyl groups is 1. The van der Waals surface area contributed by atoms with Gasteiger partial charge in [-0.05, 0) is 29.8 Å². The maximum Gasteiger partial charge on any atom is 0.130 e. The first kappa shape index (κ1) is 13.4. The number of ether oxygens (including phenoxy) is 1. The molecule has 0 spiro atoms. The molecule has 3 nitrogen and oxygen atoms in total. The van der Waals surface area contributed by atoms with E-state index in [4.69, 9.17) is 9.84 Å². The predicted octanol–water partition coefficient (Wildman–Crippen LogP) is 3.18. The van der Waals surface area contributed by atoms with Crippen molar-refractivity contribution in [1.29, 1.82) is 0 Å². The van der Waals surface area contributed by atoms with Crippen molar-refractivity contribution in [3.05, 3.63) is 53.8 Å². The molecule has 0 radical (unpaired) electrons. The molecule has 0 aliphatic heterocycles. The van der Waals surface area contributed by atoms with Crippen LogP contribution in [0.2, 0.25) is 0 Å². The van der Waals surface area contributed by atoms with Crippen molar-refractivity contribution < 1.29 is 14.2 Å². The van der Waals surface area contributed by atoms with Crippen molar-refractivity contribution in [3.8, 4) is 11.5 Å². The molecule has 4 heteroatoms. The smallest absolute Gasteiger partial charge is 0.130 e. The Morgan fingerprint density at radius 2 is 1.89 bits per heavy atom. The van der Waals surface area contributed by atoms with Crippen molar-refractivity contribution in [2.45, 2.75) is 6.61 Å². The van der Waals surface area contributed by atoms with Gasteiger partial charge >= 0.3 is 0 Å². The van der Waals surface area contributed by atoms with Gasteiger partial charge in [0.1, 0.15) is 17.3 Å². The Hall–Kier alpha value is -2.07. The van der Waals surface area contributed by atoms with Crippen LogP contribution in [0.3, 0.4) is 0 Å². The van der Waals surface area contributed by atoms with Crippen LogP contribution in [0.4, 0.5) is 10.1 Å². The minimum absolute atomic E-state index is 0.216. The highest BCUT2D eigenvalue weighted by atomic mass is 19.1. The van der Waals surface area contributed by atoms with Gasteiger partial charge in [0.25, 0.3) is 0 Å². The van der Waals surface area contributed by atoms with Crippen LogP contribution in [-0.2, 0) is 6.61 Å². The molecule has 0 saturated heterocycles. The van der Waals surface area contributed by atoms with Crippen molar-refractivity contribution in [2.24, 2.45) is 0 Å². The molecule has 2 aromatic rings. The van der Waals surface area contributed by atoms with Crippen molar-refractivity contribution in [1.82, 2.24) is 0 Å². The molecule has 19 heavy (non-hydrogen) atoms. The molecule has 2 rings (SSSR count). The van der Waals surface area contributed by atoms with Gasteiger partial charge in [-0.15, -0.1) is 0 Å². The van der Waals surface area contributed by atoms with E-state index in [-0.39, 0.29) is 6.61 Å². The monoisotopic (exact) mass is 261 g/mol. The van der Waals surface area contributed by atoms with Crippen molar-refractivity contribution >= 4 is 5.69 Å². The van der Waals surface area contributed by atoms with Crippen LogP contribution in [0.15, 0.2) is 42.5 Å². The maximum absolute atomic E-state index is 13.3. The average Bonchev–Trinajstić information content (AvgIpc) is 2.38. The molecule has 0 amide bonds. The first-order valence-electron chi connectivity index (χ1n) is 5.94. The van der Waals surface area contributed by atoms with E-state index in [9.17, 15) is 4.39 Å². The molecule has 0 unspecified atom stereocenters. The van der Waals surface area contributed by atoms with Crippen LogP contribution in [-0.4, -0.2) is 19.2 Å². The van der Waals surface area contributed by atoms with Gasteiger partial charge in [0.05, 0.1) is 6.61 Å². The first-order chi connectivity index (χ1) is 9.08. The number of hydrogen-bond acceptors (Lipinski definition) is 3. The molecule has 1 N–H and O–H groups in total. The molecule has 0 atom stereocenters. The van der Waals surface area contributed by atoms with Gasteiger partial charge in [-0.3, -0.25) is 0 Å². The zero-order valence-corrected chi connectivity index (χ0v) is 10.9. The molecule has 0 saturated carbocycles. The SMILES string of the molecule is CN(C)c1cccc(Oc2cc(F)cc(CO)c2)c1. The quantitative estimate of drug-likeness (QED) is 0.917. The van der Waals surface area contributed by atoms with Crippen molar-refractivity contribution in [3.63, 3.8) is 0 Å². The Bertz CT molecular complexity index is 570. The summed E-state index contributed by atoms with van der Waals surface area (Å²) >= 11 is 0.